The summed E-state index contributed by atoms with van der Waals surface area (Å²) in [5.41, 5.74) is 0.843. The monoisotopic (exact) mass is 523 g/mol. The van der Waals surface area contributed by atoms with Crippen LogP contribution in [0.2, 0.25) is 0 Å². The van der Waals surface area contributed by atoms with Gasteiger partial charge in [0.25, 0.3) is 5.91 Å². The van der Waals surface area contributed by atoms with Crippen LogP contribution in [0.3, 0.4) is 0 Å². The Kier molecular flexibility index (Phi) is 7.91. The third-order valence-corrected chi connectivity index (χ3v) is 4.70. The number of anilines is 1. The standard InChI is InChI=1S/C17H13BrCl3N3O3S/c18-11-5-1-3-9(7-11)13(25)23-15(17(19,20)21)24-16(28)22-12-6-2-4-10(8-12)14(26)27/h1-8,15H,(H,23,25)(H,26,27)(H2,22,24,28). The van der Waals surface area contributed by atoms with E-state index in [1.807, 2.05) is 0 Å². The molecular weight excluding hydrogens is 513 g/mol. The van der Waals surface area contributed by atoms with Crippen molar-refractivity contribution in [2.24, 2.45) is 0 Å². The molecule has 6 nitrogen and oxygen atoms in total. The Morgan fingerprint density at radius 3 is 2.29 bits per heavy atom. The number of amides is 1. The largest absolute Gasteiger partial charge is 0.478 e. The molecule has 0 aliphatic heterocycles. The molecule has 2 rings (SSSR count). The molecule has 1 atom stereocenters. The fourth-order valence-corrected chi connectivity index (χ4v) is 3.03. The van der Waals surface area contributed by atoms with Crippen LogP contribution < -0.4 is 16.0 Å². The van der Waals surface area contributed by atoms with E-state index in [4.69, 9.17) is 52.1 Å². The highest BCUT2D eigenvalue weighted by Gasteiger charge is 2.35. The summed E-state index contributed by atoms with van der Waals surface area (Å²) in [4.78, 5) is 23.5. The molecule has 148 valence electrons. The number of hydrogen-bond donors (Lipinski definition) is 4. The molecule has 0 saturated heterocycles. The number of nitrogens with one attached hydrogen (secondary N) is 3. The maximum absolute atomic E-state index is 12.4. The van der Waals surface area contributed by atoms with Crippen molar-refractivity contribution in [3.05, 3.63) is 64.1 Å². The van der Waals surface area contributed by atoms with Crippen LogP contribution in [-0.4, -0.2) is 32.1 Å². The van der Waals surface area contributed by atoms with Gasteiger partial charge in [-0.3, -0.25) is 4.79 Å². The van der Waals surface area contributed by atoms with Gasteiger partial charge in [-0.15, -0.1) is 0 Å². The Morgan fingerprint density at radius 2 is 1.68 bits per heavy atom. The van der Waals surface area contributed by atoms with Crippen LogP contribution in [0.4, 0.5) is 5.69 Å². The molecule has 0 fully saturated rings. The number of alkyl halides is 3. The van der Waals surface area contributed by atoms with Crippen molar-refractivity contribution in [1.82, 2.24) is 10.6 Å². The molecule has 4 N–H and O–H groups in total. The Bertz CT molecular complexity index is 908. The lowest BCUT2D eigenvalue weighted by atomic mass is 10.2. The van der Waals surface area contributed by atoms with Gasteiger partial charge in [0.1, 0.15) is 6.17 Å². The molecule has 2 aromatic carbocycles. The second-order valence-electron chi connectivity index (χ2n) is 5.44. The van der Waals surface area contributed by atoms with Crippen LogP contribution in [0.1, 0.15) is 20.7 Å². The van der Waals surface area contributed by atoms with Crippen LogP contribution in [0.15, 0.2) is 53.0 Å². The minimum Gasteiger partial charge on any atom is -0.478 e. The van der Waals surface area contributed by atoms with Gasteiger partial charge in [0.15, 0.2) is 5.11 Å². The maximum Gasteiger partial charge on any atom is 0.335 e. The predicted octanol–water partition coefficient (Wildman–Crippen LogP) is 4.56. The van der Waals surface area contributed by atoms with Crippen molar-refractivity contribution in [2.75, 3.05) is 5.32 Å². The van der Waals surface area contributed by atoms with E-state index in [9.17, 15) is 9.59 Å². The van der Waals surface area contributed by atoms with E-state index in [0.717, 1.165) is 0 Å². The minimum atomic E-state index is -1.92. The first-order valence-corrected chi connectivity index (χ1v) is 9.94. The van der Waals surface area contributed by atoms with Gasteiger partial charge in [-0.2, -0.15) is 0 Å². The molecule has 0 heterocycles. The zero-order valence-electron chi connectivity index (χ0n) is 13.9. The Morgan fingerprint density at radius 1 is 1.04 bits per heavy atom. The second kappa shape index (κ2) is 9.76. The van der Waals surface area contributed by atoms with Crippen molar-refractivity contribution in [2.45, 2.75) is 9.96 Å². The SMILES string of the molecule is O=C(O)c1cccc(NC(=S)NC(NC(=O)c2cccc(Br)c2)C(Cl)(Cl)Cl)c1. The van der Waals surface area contributed by atoms with E-state index in [-0.39, 0.29) is 10.7 Å². The zero-order chi connectivity index (χ0) is 20.9. The first kappa shape index (κ1) is 22.7. The normalized spacial score (nSPS) is 12.0. The van der Waals surface area contributed by atoms with Gasteiger partial charge in [0.05, 0.1) is 5.56 Å². The molecule has 1 amide bonds. The summed E-state index contributed by atoms with van der Waals surface area (Å²) >= 11 is 26.3. The number of carbonyl (C=O) groups excluding carboxylic acids is 1. The number of benzene rings is 2. The molecule has 11 heteroatoms. The summed E-state index contributed by atoms with van der Waals surface area (Å²) < 4.78 is -1.20. The lowest BCUT2D eigenvalue weighted by Gasteiger charge is -2.27. The first-order valence-electron chi connectivity index (χ1n) is 7.60. The smallest absolute Gasteiger partial charge is 0.335 e. The third kappa shape index (κ3) is 6.79. The Balaban J connectivity index is 2.09. The van der Waals surface area contributed by atoms with Gasteiger partial charge >= 0.3 is 5.97 Å². The van der Waals surface area contributed by atoms with Crippen molar-refractivity contribution >= 4 is 85.6 Å². The number of carboxylic acid groups (broad SMARTS) is 1. The van der Waals surface area contributed by atoms with Crippen molar-refractivity contribution in [1.29, 1.82) is 0 Å². The molecule has 0 aliphatic rings. The Hall–Kier alpha value is -1.58. The summed E-state index contributed by atoms with van der Waals surface area (Å²) in [6.07, 6.45) is -1.16. The van der Waals surface area contributed by atoms with Crippen LogP contribution in [0, 0.1) is 0 Å². The third-order valence-electron chi connectivity index (χ3n) is 3.33. The predicted molar refractivity (Wildman–Crippen MR) is 118 cm³/mol. The van der Waals surface area contributed by atoms with Crippen LogP contribution >= 0.6 is 63.0 Å². The number of hydrogen-bond acceptors (Lipinski definition) is 3. The van der Waals surface area contributed by atoms with Crippen LogP contribution in [0.5, 0.6) is 0 Å². The van der Waals surface area contributed by atoms with E-state index in [2.05, 4.69) is 31.9 Å². The average Bonchev–Trinajstić information content (AvgIpc) is 2.60. The van der Waals surface area contributed by atoms with Crippen molar-refractivity contribution in [3.8, 4) is 0 Å². The topological polar surface area (TPSA) is 90.5 Å². The highest BCUT2D eigenvalue weighted by molar-refractivity contribution is 9.10. The van der Waals surface area contributed by atoms with Gasteiger partial charge < -0.3 is 21.1 Å². The lowest BCUT2D eigenvalue weighted by molar-refractivity contribution is 0.0696. The molecule has 0 bridgehead atoms. The van der Waals surface area contributed by atoms with Gasteiger partial charge in [-0.1, -0.05) is 62.9 Å². The summed E-state index contributed by atoms with van der Waals surface area (Å²) in [5.74, 6) is -1.57. The lowest BCUT2D eigenvalue weighted by Crippen LogP contribution is -2.56. The minimum absolute atomic E-state index is 0.0217. The molecule has 2 aromatic rings. The molecule has 1 unspecified atom stereocenters. The highest BCUT2D eigenvalue weighted by Crippen LogP contribution is 2.29. The fourth-order valence-electron chi connectivity index (χ4n) is 2.07. The summed E-state index contributed by atoms with van der Waals surface area (Å²) in [5, 5.41) is 17.1. The van der Waals surface area contributed by atoms with Gasteiger partial charge in [-0.25, -0.2) is 4.79 Å². The van der Waals surface area contributed by atoms with Crippen LogP contribution in [0.25, 0.3) is 0 Å². The van der Waals surface area contributed by atoms with Crippen LogP contribution in [-0.2, 0) is 0 Å². The number of thiocarbonyl (C=S) groups is 1. The molecule has 0 aliphatic carbocycles. The summed E-state index contributed by atoms with van der Waals surface area (Å²) in [7, 11) is 0. The number of carbonyl (C=O) groups is 2. The van der Waals surface area contributed by atoms with E-state index in [1.165, 1.54) is 12.1 Å². The van der Waals surface area contributed by atoms with E-state index in [1.54, 1.807) is 36.4 Å². The molecule has 0 spiro atoms. The maximum atomic E-state index is 12.4. The molecule has 0 aromatic heterocycles. The Labute approximate surface area is 189 Å². The molecule has 0 saturated carbocycles. The average molecular weight is 526 g/mol. The summed E-state index contributed by atoms with van der Waals surface area (Å²) in [6, 6.07) is 12.7. The number of carboxylic acids is 1. The van der Waals surface area contributed by atoms with Gasteiger partial charge in [0.2, 0.25) is 3.79 Å². The van der Waals surface area contributed by atoms with Gasteiger partial charge in [-0.05, 0) is 48.6 Å². The van der Waals surface area contributed by atoms with E-state index < -0.39 is 21.8 Å². The first-order chi connectivity index (χ1) is 13.1. The highest BCUT2D eigenvalue weighted by atomic mass is 79.9. The molecular formula is C17H13BrCl3N3O3S. The van der Waals surface area contributed by atoms with Crippen molar-refractivity contribution in [3.63, 3.8) is 0 Å². The number of aromatic carboxylic acids is 1. The van der Waals surface area contributed by atoms with Gasteiger partial charge in [0, 0.05) is 15.7 Å². The van der Waals surface area contributed by atoms with E-state index in [0.29, 0.717) is 15.7 Å². The fraction of sp³-hybridized carbons (Fsp3) is 0.118. The quantitative estimate of drug-likeness (QED) is 0.260. The second-order valence-corrected chi connectivity index (χ2v) is 9.14. The summed E-state index contributed by atoms with van der Waals surface area (Å²) in [6.45, 7) is 0. The van der Waals surface area contributed by atoms with Crippen molar-refractivity contribution < 1.29 is 14.7 Å². The molecule has 0 radical (unpaired) electrons. The number of halogens is 4. The van der Waals surface area contributed by atoms with E-state index >= 15 is 0 Å². The number of rotatable bonds is 5. The zero-order valence-corrected chi connectivity index (χ0v) is 18.6. The molecule has 28 heavy (non-hydrogen) atoms.